The Morgan fingerprint density at radius 1 is 1.10 bits per heavy atom. The van der Waals surface area contributed by atoms with Crippen LogP contribution in [-0.2, 0) is 14.3 Å². The summed E-state index contributed by atoms with van der Waals surface area (Å²) >= 11 is 0. The predicted molar refractivity (Wildman–Crippen MR) is 77.3 cm³/mol. The van der Waals surface area contributed by atoms with E-state index in [0.29, 0.717) is 18.4 Å². The predicted octanol–water partition coefficient (Wildman–Crippen LogP) is 3.71. The molecule has 0 aromatic carbocycles. The monoisotopic (exact) mass is 280 g/mol. The van der Waals surface area contributed by atoms with Gasteiger partial charge in [0, 0.05) is 13.0 Å². The summed E-state index contributed by atoms with van der Waals surface area (Å²) in [5, 5.41) is 0. The van der Waals surface area contributed by atoms with E-state index in [4.69, 9.17) is 9.47 Å². The highest BCUT2D eigenvalue weighted by atomic mass is 16.5. The van der Waals surface area contributed by atoms with Crippen molar-refractivity contribution in [2.75, 3.05) is 13.2 Å². The van der Waals surface area contributed by atoms with Crippen molar-refractivity contribution in [1.29, 1.82) is 0 Å². The van der Waals surface area contributed by atoms with Gasteiger partial charge in [-0.25, -0.2) is 0 Å². The molecule has 0 N–H and O–H groups in total. The summed E-state index contributed by atoms with van der Waals surface area (Å²) in [4.78, 5) is 11.7. The molecule has 114 valence electrons. The lowest BCUT2D eigenvalue weighted by Crippen LogP contribution is -2.56. The lowest BCUT2D eigenvalue weighted by atomic mass is 9.47. The van der Waals surface area contributed by atoms with Crippen LogP contribution < -0.4 is 0 Å². The highest BCUT2D eigenvalue weighted by Crippen LogP contribution is 2.64. The molecule has 20 heavy (non-hydrogen) atoms. The van der Waals surface area contributed by atoms with Crippen molar-refractivity contribution in [2.24, 2.45) is 17.3 Å². The Labute approximate surface area is 122 Å². The van der Waals surface area contributed by atoms with Gasteiger partial charge in [0.25, 0.3) is 0 Å². The average Bonchev–Trinajstić information content (AvgIpc) is 2.35. The first-order valence-corrected chi connectivity index (χ1v) is 8.38. The second-order valence-electron chi connectivity index (χ2n) is 7.38. The minimum absolute atomic E-state index is 0.0197. The van der Waals surface area contributed by atoms with Crippen LogP contribution >= 0.6 is 0 Å². The molecule has 0 aliphatic heterocycles. The summed E-state index contributed by atoms with van der Waals surface area (Å²) < 4.78 is 11.3. The molecule has 0 aromatic rings. The van der Waals surface area contributed by atoms with Crippen LogP contribution in [0.2, 0.25) is 0 Å². The van der Waals surface area contributed by atoms with Crippen molar-refractivity contribution in [2.45, 2.75) is 70.8 Å². The summed E-state index contributed by atoms with van der Waals surface area (Å²) in [5.41, 5.74) is 0.513. The maximum absolute atomic E-state index is 11.7. The van der Waals surface area contributed by atoms with Crippen LogP contribution in [0.1, 0.15) is 65.2 Å². The lowest BCUT2D eigenvalue weighted by Gasteiger charge is -2.62. The van der Waals surface area contributed by atoms with Gasteiger partial charge in [-0.2, -0.15) is 0 Å². The Balaban J connectivity index is 1.68. The van der Waals surface area contributed by atoms with Crippen LogP contribution in [0.15, 0.2) is 0 Å². The summed E-state index contributed by atoms with van der Waals surface area (Å²) in [7, 11) is 0. The molecule has 0 saturated heterocycles. The molecule has 0 aromatic heterocycles. The van der Waals surface area contributed by atoms with Gasteiger partial charge in [-0.15, -0.1) is 0 Å². The van der Waals surface area contributed by atoms with Gasteiger partial charge in [0.15, 0.2) is 0 Å². The number of carbonyl (C=O) groups excluding carboxylic acids is 1. The first-order chi connectivity index (χ1) is 9.59. The number of rotatable bonds is 6. The van der Waals surface area contributed by atoms with E-state index in [1.807, 2.05) is 6.92 Å². The highest BCUT2D eigenvalue weighted by molar-refractivity contribution is 5.69. The first-order valence-electron chi connectivity index (χ1n) is 8.38. The summed E-state index contributed by atoms with van der Waals surface area (Å²) in [6.45, 7) is 5.32. The topological polar surface area (TPSA) is 35.5 Å². The van der Waals surface area contributed by atoms with Crippen LogP contribution in [0.25, 0.3) is 0 Å². The molecule has 2 atom stereocenters. The van der Waals surface area contributed by atoms with Gasteiger partial charge in [-0.3, -0.25) is 4.79 Å². The van der Waals surface area contributed by atoms with Gasteiger partial charge >= 0.3 is 5.97 Å². The maximum Gasteiger partial charge on any atom is 0.305 e. The second kappa shape index (κ2) is 5.32. The highest BCUT2D eigenvalue weighted by Gasteiger charge is 2.57. The molecular weight excluding hydrogens is 252 g/mol. The van der Waals surface area contributed by atoms with E-state index in [-0.39, 0.29) is 11.6 Å². The fraction of sp³-hybridized carbons (Fsp3) is 0.941. The van der Waals surface area contributed by atoms with Crippen molar-refractivity contribution in [3.63, 3.8) is 0 Å². The van der Waals surface area contributed by atoms with E-state index in [1.165, 1.54) is 38.5 Å². The zero-order valence-electron chi connectivity index (χ0n) is 13.0. The third-order valence-electron chi connectivity index (χ3n) is 5.74. The molecule has 0 spiro atoms. The zero-order chi connectivity index (χ0) is 14.2. The van der Waals surface area contributed by atoms with Crippen molar-refractivity contribution in [3.05, 3.63) is 0 Å². The van der Waals surface area contributed by atoms with Crippen LogP contribution in [0, 0.1) is 17.3 Å². The fourth-order valence-electron chi connectivity index (χ4n) is 5.73. The quantitative estimate of drug-likeness (QED) is 0.696. The number of esters is 1. The SMILES string of the molecule is CCOC(=O)CCC12CC3CC(C1)CC(OCC)(C3)C2. The minimum Gasteiger partial charge on any atom is -0.466 e. The van der Waals surface area contributed by atoms with Crippen molar-refractivity contribution >= 4 is 5.97 Å². The molecule has 0 amide bonds. The number of ether oxygens (including phenoxy) is 2. The Morgan fingerprint density at radius 2 is 1.80 bits per heavy atom. The zero-order valence-corrected chi connectivity index (χ0v) is 13.0. The van der Waals surface area contributed by atoms with Crippen molar-refractivity contribution < 1.29 is 14.3 Å². The van der Waals surface area contributed by atoms with E-state index in [1.54, 1.807) is 0 Å². The van der Waals surface area contributed by atoms with Crippen LogP contribution in [-0.4, -0.2) is 24.8 Å². The molecular formula is C17H28O3. The van der Waals surface area contributed by atoms with E-state index in [9.17, 15) is 4.79 Å². The van der Waals surface area contributed by atoms with Crippen molar-refractivity contribution in [3.8, 4) is 0 Å². The summed E-state index contributed by atoms with van der Waals surface area (Å²) in [6, 6.07) is 0. The summed E-state index contributed by atoms with van der Waals surface area (Å²) in [6.07, 6.45) is 9.34. The molecule has 4 fully saturated rings. The molecule has 0 heterocycles. The molecule has 4 aliphatic carbocycles. The van der Waals surface area contributed by atoms with Crippen LogP contribution in [0.4, 0.5) is 0 Å². The smallest absolute Gasteiger partial charge is 0.305 e. The number of hydrogen-bond acceptors (Lipinski definition) is 3. The average molecular weight is 280 g/mol. The standard InChI is InChI=1S/C17H28O3/c1-3-19-15(18)5-6-16-8-13-7-14(9-16)11-17(10-13,12-16)20-4-2/h13-14H,3-12H2,1-2H3. The fourth-order valence-corrected chi connectivity index (χ4v) is 5.73. The lowest BCUT2D eigenvalue weighted by molar-refractivity contribution is -0.193. The minimum atomic E-state index is -0.0197. The molecule has 3 nitrogen and oxygen atoms in total. The largest absolute Gasteiger partial charge is 0.466 e. The van der Waals surface area contributed by atoms with E-state index in [2.05, 4.69) is 6.92 Å². The summed E-state index contributed by atoms with van der Waals surface area (Å²) in [5.74, 6) is 1.66. The molecule has 0 radical (unpaired) electrons. The number of carbonyl (C=O) groups is 1. The van der Waals surface area contributed by atoms with Gasteiger partial charge in [0.1, 0.15) is 0 Å². The first kappa shape index (κ1) is 14.4. The normalized spacial score (nSPS) is 41.9. The van der Waals surface area contributed by atoms with Crippen LogP contribution in [0.3, 0.4) is 0 Å². The molecule has 4 aliphatic rings. The van der Waals surface area contributed by atoms with Gasteiger partial charge in [0.05, 0.1) is 12.2 Å². The van der Waals surface area contributed by atoms with Crippen molar-refractivity contribution in [1.82, 2.24) is 0 Å². The Hall–Kier alpha value is -0.570. The third-order valence-corrected chi connectivity index (χ3v) is 5.74. The molecule has 4 saturated carbocycles. The van der Waals surface area contributed by atoms with Gasteiger partial charge < -0.3 is 9.47 Å². The molecule has 3 heteroatoms. The Bertz CT molecular complexity index is 362. The number of hydrogen-bond donors (Lipinski definition) is 0. The van der Waals surface area contributed by atoms with E-state index < -0.39 is 0 Å². The van der Waals surface area contributed by atoms with Gasteiger partial charge in [0.2, 0.25) is 0 Å². The van der Waals surface area contributed by atoms with E-state index >= 15 is 0 Å². The second-order valence-corrected chi connectivity index (χ2v) is 7.38. The van der Waals surface area contributed by atoms with Gasteiger partial charge in [-0.1, -0.05) is 0 Å². The molecule has 2 unspecified atom stereocenters. The maximum atomic E-state index is 11.7. The third kappa shape index (κ3) is 2.61. The molecule has 4 bridgehead atoms. The van der Waals surface area contributed by atoms with Gasteiger partial charge in [-0.05, 0) is 76.0 Å². The van der Waals surface area contributed by atoms with E-state index in [0.717, 1.165) is 24.9 Å². The van der Waals surface area contributed by atoms with Crippen LogP contribution in [0.5, 0.6) is 0 Å². The Morgan fingerprint density at radius 3 is 2.40 bits per heavy atom. The molecule has 4 rings (SSSR count). The Kier molecular flexibility index (Phi) is 3.83.